The highest BCUT2D eigenvalue weighted by Gasteiger charge is 2.29. The molecule has 0 aromatic carbocycles. The molecule has 8 heteroatoms. The molecular formula is C16H18N4O4. The summed E-state index contributed by atoms with van der Waals surface area (Å²) in [5.41, 5.74) is 0.522. The van der Waals surface area contributed by atoms with E-state index < -0.39 is 0 Å². The van der Waals surface area contributed by atoms with Crippen LogP contribution in [0.5, 0.6) is 17.6 Å². The molecule has 0 spiro atoms. The summed E-state index contributed by atoms with van der Waals surface area (Å²) in [6.07, 6.45) is 5.16. The fourth-order valence-electron chi connectivity index (χ4n) is 2.51. The molecule has 2 aromatic rings. The smallest absolute Gasteiger partial charge is 0.278 e. The number of hydrogen-bond acceptors (Lipinski definition) is 7. The Morgan fingerprint density at radius 1 is 1.12 bits per heavy atom. The number of likely N-dealkylation sites (tertiary alicyclic amines) is 1. The molecule has 0 N–H and O–H groups in total. The van der Waals surface area contributed by atoms with E-state index in [1.54, 1.807) is 23.2 Å². The van der Waals surface area contributed by atoms with Crippen molar-refractivity contribution in [3.05, 3.63) is 36.3 Å². The Hall–Kier alpha value is -2.90. The van der Waals surface area contributed by atoms with Gasteiger partial charge in [-0.1, -0.05) is 0 Å². The average Bonchev–Trinajstić information content (AvgIpc) is 3.10. The topological polar surface area (TPSA) is 86.7 Å². The summed E-state index contributed by atoms with van der Waals surface area (Å²) >= 11 is 0. The van der Waals surface area contributed by atoms with E-state index in [9.17, 15) is 4.79 Å². The van der Waals surface area contributed by atoms with Crippen molar-refractivity contribution in [1.82, 2.24) is 19.9 Å². The Balaban J connectivity index is 1.63. The molecule has 0 bridgehead atoms. The number of carbonyl (C=O) groups excluding carboxylic acids is 1. The van der Waals surface area contributed by atoms with Gasteiger partial charge in [-0.05, 0) is 6.07 Å². The molecule has 8 nitrogen and oxygen atoms in total. The molecule has 1 fully saturated rings. The van der Waals surface area contributed by atoms with Crippen LogP contribution < -0.4 is 14.2 Å². The predicted octanol–water partition coefficient (Wildman–Crippen LogP) is 1.18. The quantitative estimate of drug-likeness (QED) is 0.813. The van der Waals surface area contributed by atoms with E-state index in [1.165, 1.54) is 26.6 Å². The third-order valence-electron chi connectivity index (χ3n) is 3.73. The fourth-order valence-corrected chi connectivity index (χ4v) is 2.51. The van der Waals surface area contributed by atoms with Gasteiger partial charge in [0.1, 0.15) is 6.10 Å². The van der Waals surface area contributed by atoms with Crippen molar-refractivity contribution in [3.63, 3.8) is 0 Å². The van der Waals surface area contributed by atoms with Gasteiger partial charge in [0.25, 0.3) is 17.7 Å². The van der Waals surface area contributed by atoms with E-state index in [0.29, 0.717) is 36.3 Å². The van der Waals surface area contributed by atoms with Crippen LogP contribution in [-0.4, -0.2) is 59.2 Å². The van der Waals surface area contributed by atoms with Crippen molar-refractivity contribution in [2.24, 2.45) is 0 Å². The van der Waals surface area contributed by atoms with E-state index in [4.69, 9.17) is 14.2 Å². The molecule has 3 heterocycles. The van der Waals surface area contributed by atoms with Crippen LogP contribution in [-0.2, 0) is 0 Å². The number of amides is 1. The van der Waals surface area contributed by atoms with Gasteiger partial charge in [-0.3, -0.25) is 4.79 Å². The highest BCUT2D eigenvalue weighted by molar-refractivity contribution is 5.94. The fraction of sp³-hybridized carbons (Fsp3) is 0.375. The van der Waals surface area contributed by atoms with Crippen molar-refractivity contribution in [2.75, 3.05) is 27.3 Å². The van der Waals surface area contributed by atoms with Crippen molar-refractivity contribution in [2.45, 2.75) is 12.5 Å². The molecule has 2 aromatic heterocycles. The lowest BCUT2D eigenvalue weighted by molar-refractivity contribution is 0.0769. The van der Waals surface area contributed by atoms with Crippen LogP contribution in [0.3, 0.4) is 0 Å². The molecule has 1 saturated heterocycles. The van der Waals surface area contributed by atoms with Crippen LogP contribution in [0.25, 0.3) is 0 Å². The summed E-state index contributed by atoms with van der Waals surface area (Å²) in [5, 5.41) is 0. The van der Waals surface area contributed by atoms with Crippen molar-refractivity contribution >= 4 is 5.91 Å². The molecule has 3 rings (SSSR count). The highest BCUT2D eigenvalue weighted by Crippen LogP contribution is 2.24. The van der Waals surface area contributed by atoms with E-state index >= 15 is 0 Å². The Morgan fingerprint density at radius 3 is 2.58 bits per heavy atom. The van der Waals surface area contributed by atoms with E-state index in [-0.39, 0.29) is 12.0 Å². The molecule has 1 aliphatic heterocycles. The van der Waals surface area contributed by atoms with Gasteiger partial charge in [-0.15, -0.1) is 0 Å². The number of methoxy groups -OCH3 is 2. The van der Waals surface area contributed by atoms with Gasteiger partial charge in [0.05, 0.1) is 26.3 Å². The first-order valence-corrected chi connectivity index (χ1v) is 7.52. The zero-order valence-electron chi connectivity index (χ0n) is 13.5. The minimum absolute atomic E-state index is 0.0811. The molecule has 1 amide bonds. The Kier molecular flexibility index (Phi) is 4.74. The van der Waals surface area contributed by atoms with Gasteiger partial charge in [-0.25, -0.2) is 15.0 Å². The molecule has 0 radical (unpaired) electrons. The second-order valence-electron chi connectivity index (χ2n) is 5.24. The molecule has 126 valence electrons. The van der Waals surface area contributed by atoms with Crippen LogP contribution in [0.2, 0.25) is 0 Å². The summed E-state index contributed by atoms with van der Waals surface area (Å²) in [4.78, 5) is 26.5. The minimum Gasteiger partial charge on any atom is -0.481 e. The molecule has 1 unspecified atom stereocenters. The molecular weight excluding hydrogens is 312 g/mol. The van der Waals surface area contributed by atoms with E-state index in [0.717, 1.165) is 6.42 Å². The number of nitrogens with zero attached hydrogens (tertiary/aromatic N) is 4. The largest absolute Gasteiger partial charge is 0.481 e. The first kappa shape index (κ1) is 16.0. The van der Waals surface area contributed by atoms with Gasteiger partial charge in [-0.2, -0.15) is 0 Å². The second kappa shape index (κ2) is 7.12. The number of pyridine rings is 1. The second-order valence-corrected chi connectivity index (χ2v) is 5.24. The molecule has 24 heavy (non-hydrogen) atoms. The number of rotatable bonds is 5. The maximum absolute atomic E-state index is 12.5. The standard InChI is InChI=1S/C16H18N4O4/c1-22-13-4-3-11(9-19-13)16(21)20-8-5-12(10-20)24-15-14(23-2)17-6-7-18-15/h3-4,6-7,9,12H,5,8,10H2,1-2H3. The highest BCUT2D eigenvalue weighted by atomic mass is 16.5. The van der Waals surface area contributed by atoms with E-state index in [2.05, 4.69) is 15.0 Å². The van der Waals surface area contributed by atoms with Gasteiger partial charge in [0.2, 0.25) is 5.88 Å². The summed E-state index contributed by atoms with van der Waals surface area (Å²) in [5.74, 6) is 1.07. The molecule has 0 saturated carbocycles. The van der Waals surface area contributed by atoms with E-state index in [1.807, 2.05) is 0 Å². The maximum Gasteiger partial charge on any atom is 0.278 e. The number of carbonyl (C=O) groups is 1. The third-order valence-corrected chi connectivity index (χ3v) is 3.73. The molecule has 1 atom stereocenters. The van der Waals surface area contributed by atoms with Crippen molar-refractivity contribution in [1.29, 1.82) is 0 Å². The van der Waals surface area contributed by atoms with Crippen LogP contribution in [0.15, 0.2) is 30.7 Å². The Morgan fingerprint density at radius 2 is 1.92 bits per heavy atom. The predicted molar refractivity (Wildman–Crippen MR) is 84.3 cm³/mol. The van der Waals surface area contributed by atoms with Crippen LogP contribution in [0.1, 0.15) is 16.8 Å². The van der Waals surface area contributed by atoms with Crippen molar-refractivity contribution < 1.29 is 19.0 Å². The Bertz CT molecular complexity index is 707. The zero-order chi connectivity index (χ0) is 16.9. The van der Waals surface area contributed by atoms with Gasteiger partial charge < -0.3 is 19.1 Å². The lowest BCUT2D eigenvalue weighted by Crippen LogP contribution is -2.31. The maximum atomic E-state index is 12.5. The third kappa shape index (κ3) is 3.37. The van der Waals surface area contributed by atoms with Gasteiger partial charge in [0, 0.05) is 37.6 Å². The minimum atomic E-state index is -0.147. The monoisotopic (exact) mass is 330 g/mol. The molecule has 1 aliphatic rings. The van der Waals surface area contributed by atoms with Gasteiger partial charge in [0.15, 0.2) is 0 Å². The average molecular weight is 330 g/mol. The van der Waals surface area contributed by atoms with Crippen LogP contribution >= 0.6 is 0 Å². The lowest BCUT2D eigenvalue weighted by Gasteiger charge is -2.17. The lowest BCUT2D eigenvalue weighted by atomic mass is 10.2. The summed E-state index contributed by atoms with van der Waals surface area (Å²) in [6.45, 7) is 1.09. The molecule has 0 aliphatic carbocycles. The first-order chi connectivity index (χ1) is 11.7. The normalized spacial score (nSPS) is 16.8. The SMILES string of the molecule is COc1ccc(C(=O)N2CCC(Oc3nccnc3OC)C2)cn1. The van der Waals surface area contributed by atoms with Gasteiger partial charge >= 0.3 is 0 Å². The summed E-state index contributed by atoms with van der Waals surface area (Å²) < 4.78 is 15.9. The summed E-state index contributed by atoms with van der Waals surface area (Å²) in [6, 6.07) is 3.37. The first-order valence-electron chi connectivity index (χ1n) is 7.52. The number of aromatic nitrogens is 3. The van der Waals surface area contributed by atoms with Crippen LogP contribution in [0.4, 0.5) is 0 Å². The van der Waals surface area contributed by atoms with Crippen molar-refractivity contribution in [3.8, 4) is 17.6 Å². The number of ether oxygens (including phenoxy) is 3. The van der Waals surface area contributed by atoms with Crippen LogP contribution in [0, 0.1) is 0 Å². The number of hydrogen-bond donors (Lipinski definition) is 0. The zero-order valence-corrected chi connectivity index (χ0v) is 13.5. The summed E-state index contributed by atoms with van der Waals surface area (Å²) in [7, 11) is 3.05. The Labute approximate surface area is 139 Å².